The van der Waals surface area contributed by atoms with Crippen molar-refractivity contribution in [3.63, 3.8) is 0 Å². The van der Waals surface area contributed by atoms with Gasteiger partial charge in [0.2, 0.25) is 27.7 Å². The van der Waals surface area contributed by atoms with Crippen molar-refractivity contribution in [2.45, 2.75) is 99.6 Å². The van der Waals surface area contributed by atoms with E-state index in [1.165, 1.54) is 50.6 Å². The van der Waals surface area contributed by atoms with Crippen LogP contribution in [0.25, 0.3) is 22.0 Å². The Morgan fingerprint density at radius 2 is 1.63 bits per heavy atom. The number of alkyl halides is 8. The normalized spacial score (nSPS) is 15.7. The quantitative estimate of drug-likeness (QED) is 0.0152. The average molecular weight is 1170 g/mol. The number of anilines is 1. The summed E-state index contributed by atoms with van der Waals surface area (Å²) in [6.07, 6.45) is -10.1. The molecule has 0 radical (unpaired) electrons. The molecular formula is C44H45ClF10N8O8P2S2. The molecule has 7 N–H and O–H groups in total. The number of hydrogen-bond acceptors (Lipinski definition) is 12. The first-order chi connectivity index (χ1) is 34.7. The highest BCUT2D eigenvalue weighted by atomic mass is 35.5. The van der Waals surface area contributed by atoms with Gasteiger partial charge in [0.25, 0.3) is 5.92 Å². The molecule has 0 aliphatic heterocycles. The highest BCUT2D eigenvalue weighted by Gasteiger charge is 2.53. The van der Waals surface area contributed by atoms with Crippen LogP contribution in [-0.4, -0.2) is 100 Å². The Labute approximate surface area is 434 Å². The SMILES string of the molecule is CSN(C(=O)NCCCC(O)(P(O)O)P(O)O)c1nn(CC(F)(F)F)c2c(-c3ccc(C#CC(C)(C)S(C)=O)nc3C(Cc3cc(F)cc(F)c3)NC(=O)Cn3nc(C(F)(F)F)c4c3C(F)(F)C[C@@H]4C)ccc(Cl)c12. The van der Waals surface area contributed by atoms with E-state index < -0.39 is 152 Å². The number of aromatic nitrogens is 5. The standard InChI is InChI=1S/C44H45ClF10N8O8P2S2/c1-22-19-41(48,49)37-32(22)36(44(53,54)55)59-61(37)20-31(64)58-30(17-23-15-24(46)18-25(47)16-23)34-27(8-7-26(57-34)11-13-40(2,3)75(5)71)28-9-10-29(45)33-35(28)62(21-42(50,51)52)60-38(33)63(74-4)39(65)56-14-6-12-43(66,72(67)68)73(69)70/h7-10,15-16,18,22,30,66-70H,6,12,14,17,19-21H2,1-5H3,(H,56,65)(H,58,64)/t22-,30?,75?/m0/s1. The summed E-state index contributed by atoms with van der Waals surface area (Å²) in [6, 6.07) is 4.44. The number of pyridine rings is 1. The number of nitrogens with zero attached hydrogens (tertiary/aromatic N) is 6. The summed E-state index contributed by atoms with van der Waals surface area (Å²) >= 11 is 7.36. The molecule has 31 heteroatoms. The first kappa shape index (κ1) is 59.6. The van der Waals surface area contributed by atoms with Crippen LogP contribution in [0, 0.1) is 23.5 Å². The molecule has 2 aromatic carbocycles. The summed E-state index contributed by atoms with van der Waals surface area (Å²) in [5.41, 5.74) is -5.14. The van der Waals surface area contributed by atoms with E-state index in [-0.39, 0.29) is 56.1 Å². The zero-order valence-electron chi connectivity index (χ0n) is 39.7. The maximum Gasteiger partial charge on any atom is 0.435 e. The van der Waals surface area contributed by atoms with Gasteiger partial charge in [-0.05, 0) is 92.8 Å². The molecule has 0 bridgehead atoms. The summed E-state index contributed by atoms with van der Waals surface area (Å²) in [4.78, 5) is 70.8. The van der Waals surface area contributed by atoms with Gasteiger partial charge in [-0.2, -0.15) is 45.3 Å². The minimum atomic E-state index is -5.23. The van der Waals surface area contributed by atoms with Gasteiger partial charge in [-0.1, -0.05) is 30.5 Å². The smallest absolute Gasteiger partial charge is 0.372 e. The molecule has 1 aliphatic carbocycles. The van der Waals surface area contributed by atoms with E-state index >= 15 is 8.78 Å². The van der Waals surface area contributed by atoms with Crippen LogP contribution < -0.4 is 14.9 Å². The average Bonchev–Trinajstić information content (AvgIpc) is 3.93. The van der Waals surface area contributed by atoms with E-state index in [0.29, 0.717) is 22.7 Å². The summed E-state index contributed by atoms with van der Waals surface area (Å²) in [7, 11) is -8.13. The topological polar surface area (TPSA) is 228 Å². The number of carbonyl (C=O) groups is 2. The van der Waals surface area contributed by atoms with Gasteiger partial charge in [0.05, 0.1) is 27.7 Å². The number of halogens is 11. The van der Waals surface area contributed by atoms with Gasteiger partial charge in [-0.25, -0.2) is 22.9 Å². The summed E-state index contributed by atoms with van der Waals surface area (Å²) in [5.74, 6) is -3.68. The van der Waals surface area contributed by atoms with Gasteiger partial charge in [0, 0.05) is 59.0 Å². The zero-order valence-corrected chi connectivity index (χ0v) is 43.8. The summed E-state index contributed by atoms with van der Waals surface area (Å²) < 4.78 is 160. The van der Waals surface area contributed by atoms with E-state index in [9.17, 15) is 73.6 Å². The van der Waals surface area contributed by atoms with Crippen LogP contribution in [-0.2, 0) is 47.2 Å². The fourth-order valence-corrected chi connectivity index (χ4v) is 10.5. The van der Waals surface area contributed by atoms with Crippen molar-refractivity contribution in [3.05, 3.63) is 93.0 Å². The third kappa shape index (κ3) is 13.4. The number of carbonyl (C=O) groups excluding carboxylic acids is 2. The fourth-order valence-electron chi connectivity index (χ4n) is 8.16. The molecule has 0 spiro atoms. The van der Waals surface area contributed by atoms with E-state index in [1.54, 1.807) is 0 Å². The predicted molar refractivity (Wildman–Crippen MR) is 260 cm³/mol. The third-order valence-electron chi connectivity index (χ3n) is 11.7. The zero-order chi connectivity index (χ0) is 55.9. The molecule has 0 saturated carbocycles. The minimum Gasteiger partial charge on any atom is -0.372 e. The van der Waals surface area contributed by atoms with E-state index in [4.69, 9.17) is 11.6 Å². The second kappa shape index (κ2) is 22.7. The van der Waals surface area contributed by atoms with E-state index in [1.807, 2.05) is 0 Å². The van der Waals surface area contributed by atoms with Crippen LogP contribution >= 0.6 is 40.3 Å². The lowest BCUT2D eigenvalue weighted by Crippen LogP contribution is -2.37. The molecule has 0 saturated heterocycles. The second-order valence-corrected chi connectivity index (χ2v) is 23.7. The Kier molecular flexibility index (Phi) is 18.0. The van der Waals surface area contributed by atoms with Gasteiger partial charge in [-0.3, -0.25) is 18.4 Å². The van der Waals surface area contributed by atoms with Crippen molar-refractivity contribution in [2.75, 3.05) is 23.4 Å². The number of benzene rings is 2. The third-order valence-corrected chi connectivity index (χ3v) is 17.1. The molecule has 3 amide bonds. The van der Waals surface area contributed by atoms with Crippen molar-refractivity contribution in [2.24, 2.45) is 0 Å². The van der Waals surface area contributed by atoms with Crippen molar-refractivity contribution in [1.82, 2.24) is 35.2 Å². The molecule has 3 aromatic heterocycles. The largest absolute Gasteiger partial charge is 0.435 e. The van der Waals surface area contributed by atoms with Crippen molar-refractivity contribution < 1.29 is 82.4 Å². The first-order valence-electron chi connectivity index (χ1n) is 21.8. The molecule has 16 nitrogen and oxygen atoms in total. The maximum atomic E-state index is 15.4. The van der Waals surface area contributed by atoms with Crippen molar-refractivity contribution in [1.29, 1.82) is 0 Å². The molecule has 6 rings (SSSR count). The Balaban J connectivity index is 1.56. The summed E-state index contributed by atoms with van der Waals surface area (Å²) in [6.45, 7) is 0.687. The molecule has 2 unspecified atom stereocenters. The molecule has 0 fully saturated rings. The number of nitrogens with one attached hydrogen (secondary N) is 2. The maximum absolute atomic E-state index is 15.4. The first-order valence-corrected chi connectivity index (χ1v) is 27.4. The summed E-state index contributed by atoms with van der Waals surface area (Å²) in [5, 5.41) is 19.5. The van der Waals surface area contributed by atoms with Crippen LogP contribution in [0.1, 0.15) is 85.9 Å². The molecule has 408 valence electrons. The highest BCUT2D eigenvalue weighted by Crippen LogP contribution is 2.60. The Bertz CT molecular complexity index is 3050. The molecule has 3 heterocycles. The van der Waals surface area contributed by atoms with Crippen LogP contribution in [0.2, 0.25) is 5.02 Å². The number of aliphatic hydroxyl groups is 1. The van der Waals surface area contributed by atoms with Crippen molar-refractivity contribution >= 4 is 79.8 Å². The Hall–Kier alpha value is -4.68. The van der Waals surface area contributed by atoms with Crippen LogP contribution in [0.4, 0.5) is 54.5 Å². The number of fused-ring (bicyclic) bond motifs is 2. The van der Waals surface area contributed by atoms with Gasteiger partial charge in [0.1, 0.15) is 40.9 Å². The van der Waals surface area contributed by atoms with Crippen LogP contribution in [0.3, 0.4) is 0 Å². The molecule has 3 atom stereocenters. The van der Waals surface area contributed by atoms with E-state index in [2.05, 4.69) is 37.7 Å². The van der Waals surface area contributed by atoms with Gasteiger partial charge >= 0.3 is 18.4 Å². The Morgan fingerprint density at radius 1 is 1.00 bits per heavy atom. The monoisotopic (exact) mass is 1160 g/mol. The molecular weight excluding hydrogens is 1120 g/mol. The lowest BCUT2D eigenvalue weighted by molar-refractivity contribution is -0.143. The lowest BCUT2D eigenvalue weighted by atomic mass is 9.93. The predicted octanol–water partition coefficient (Wildman–Crippen LogP) is 8.83. The minimum absolute atomic E-state index is 0.146. The van der Waals surface area contributed by atoms with Gasteiger partial charge < -0.3 is 35.3 Å². The molecule has 1 aliphatic rings. The molecule has 75 heavy (non-hydrogen) atoms. The van der Waals surface area contributed by atoms with Crippen LogP contribution in [0.15, 0.2) is 42.5 Å². The molecule has 5 aromatic rings. The van der Waals surface area contributed by atoms with Gasteiger partial charge in [-0.15, -0.1) is 0 Å². The highest BCUT2D eigenvalue weighted by molar-refractivity contribution is 8.00. The fraction of sp³-hybridized carbons (Fsp3) is 0.432. The Morgan fingerprint density at radius 3 is 2.20 bits per heavy atom. The lowest BCUT2D eigenvalue weighted by Gasteiger charge is -2.29. The second-order valence-electron chi connectivity index (χ2n) is 17.6. The van der Waals surface area contributed by atoms with E-state index in [0.717, 1.165) is 23.4 Å². The number of hydrogen-bond donors (Lipinski definition) is 7. The number of urea groups is 1. The number of amides is 3. The van der Waals surface area contributed by atoms with Crippen LogP contribution in [0.5, 0.6) is 0 Å². The van der Waals surface area contributed by atoms with Crippen molar-refractivity contribution in [3.8, 4) is 23.0 Å². The number of rotatable bonds is 17. The van der Waals surface area contributed by atoms with Gasteiger partial charge in [0.15, 0.2) is 11.5 Å².